The number of ether oxygens (including phenoxy) is 2. The summed E-state index contributed by atoms with van der Waals surface area (Å²) in [4.78, 5) is 37.6. The Bertz CT molecular complexity index is 909. The van der Waals surface area contributed by atoms with Gasteiger partial charge < -0.3 is 25.0 Å². The first-order valence-electron chi connectivity index (χ1n) is 9.66. The zero-order valence-electron chi connectivity index (χ0n) is 17.0. The fourth-order valence-electron chi connectivity index (χ4n) is 2.69. The largest absolute Gasteiger partial charge is 0.497 e. The zero-order valence-corrected chi connectivity index (χ0v) is 17.0. The number of benzene rings is 2. The van der Waals surface area contributed by atoms with Crippen LogP contribution in [0.3, 0.4) is 0 Å². The summed E-state index contributed by atoms with van der Waals surface area (Å²) in [6, 6.07) is 13.8. The molecule has 1 saturated carbocycles. The van der Waals surface area contributed by atoms with Gasteiger partial charge in [0.2, 0.25) is 11.8 Å². The van der Waals surface area contributed by atoms with Crippen LogP contribution in [0.2, 0.25) is 0 Å². The van der Waals surface area contributed by atoms with Crippen LogP contribution in [0.25, 0.3) is 0 Å². The van der Waals surface area contributed by atoms with Gasteiger partial charge in [0.25, 0.3) is 5.91 Å². The van der Waals surface area contributed by atoms with E-state index in [4.69, 9.17) is 9.47 Å². The number of hydrogen-bond donors (Lipinski definition) is 2. The van der Waals surface area contributed by atoms with Gasteiger partial charge in [-0.3, -0.25) is 14.4 Å². The summed E-state index contributed by atoms with van der Waals surface area (Å²) in [5.41, 5.74) is 1.24. The summed E-state index contributed by atoms with van der Waals surface area (Å²) in [5, 5.41) is 5.56. The van der Waals surface area contributed by atoms with Gasteiger partial charge in [0.15, 0.2) is 6.61 Å². The number of carbonyl (C=O) groups is 3. The average molecular weight is 411 g/mol. The van der Waals surface area contributed by atoms with Crippen LogP contribution < -0.4 is 20.1 Å². The first-order valence-corrected chi connectivity index (χ1v) is 9.66. The fourth-order valence-corrected chi connectivity index (χ4v) is 2.69. The highest BCUT2D eigenvalue weighted by Crippen LogP contribution is 2.30. The molecule has 1 aliphatic carbocycles. The maximum atomic E-state index is 12.3. The molecule has 0 bridgehead atoms. The Morgan fingerprint density at radius 2 is 1.73 bits per heavy atom. The highest BCUT2D eigenvalue weighted by molar-refractivity contribution is 5.95. The SMILES string of the molecule is COc1ccc(NC(=O)CN(C)C(=O)COc2cccc(NC(=O)C3CC3)c2)cc1. The molecule has 2 aromatic carbocycles. The first-order chi connectivity index (χ1) is 14.4. The molecule has 3 amide bonds. The number of nitrogens with one attached hydrogen (secondary N) is 2. The van der Waals surface area contributed by atoms with Crippen molar-refractivity contribution < 1.29 is 23.9 Å². The van der Waals surface area contributed by atoms with Crippen molar-refractivity contribution in [3.8, 4) is 11.5 Å². The Kier molecular flexibility index (Phi) is 6.90. The van der Waals surface area contributed by atoms with Crippen LogP contribution in [-0.4, -0.2) is 49.9 Å². The summed E-state index contributed by atoms with van der Waals surface area (Å²) in [5.74, 6) is 0.606. The van der Waals surface area contributed by atoms with Crippen LogP contribution in [-0.2, 0) is 14.4 Å². The minimum atomic E-state index is -0.340. The van der Waals surface area contributed by atoms with Crippen molar-refractivity contribution >= 4 is 29.1 Å². The third-order valence-electron chi connectivity index (χ3n) is 4.59. The minimum absolute atomic E-state index is 0.00540. The number of rotatable bonds is 9. The molecule has 2 aromatic rings. The normalized spacial score (nSPS) is 12.6. The van der Waals surface area contributed by atoms with Gasteiger partial charge in [-0.25, -0.2) is 0 Å². The predicted molar refractivity (Wildman–Crippen MR) is 113 cm³/mol. The molecule has 0 unspecified atom stereocenters. The number of nitrogens with zero attached hydrogens (tertiary/aromatic N) is 1. The molecular weight excluding hydrogens is 386 g/mol. The van der Waals surface area contributed by atoms with Crippen molar-refractivity contribution in [2.75, 3.05) is 37.9 Å². The van der Waals surface area contributed by atoms with E-state index < -0.39 is 0 Å². The monoisotopic (exact) mass is 411 g/mol. The Labute approximate surface area is 175 Å². The van der Waals surface area contributed by atoms with E-state index in [1.807, 2.05) is 0 Å². The van der Waals surface area contributed by atoms with Crippen molar-refractivity contribution in [2.45, 2.75) is 12.8 Å². The topological polar surface area (TPSA) is 97.0 Å². The number of methoxy groups -OCH3 is 1. The van der Waals surface area contributed by atoms with Gasteiger partial charge in [-0.05, 0) is 49.2 Å². The molecule has 3 rings (SSSR count). The van der Waals surface area contributed by atoms with Gasteiger partial charge in [0, 0.05) is 30.4 Å². The van der Waals surface area contributed by atoms with Crippen LogP contribution in [0.15, 0.2) is 48.5 Å². The predicted octanol–water partition coefficient (Wildman–Crippen LogP) is 2.52. The maximum Gasteiger partial charge on any atom is 0.260 e. The van der Waals surface area contributed by atoms with Crippen LogP contribution in [0.4, 0.5) is 11.4 Å². The number of likely N-dealkylation sites (N-methyl/N-ethyl adjacent to an activating group) is 1. The van der Waals surface area contributed by atoms with Gasteiger partial charge in [-0.1, -0.05) is 6.07 Å². The average Bonchev–Trinajstić information content (AvgIpc) is 3.58. The molecule has 1 fully saturated rings. The van der Waals surface area contributed by atoms with Gasteiger partial charge in [0.1, 0.15) is 11.5 Å². The smallest absolute Gasteiger partial charge is 0.260 e. The van der Waals surface area contributed by atoms with E-state index in [9.17, 15) is 14.4 Å². The lowest BCUT2D eigenvalue weighted by molar-refractivity contribution is -0.135. The van der Waals surface area contributed by atoms with E-state index in [0.29, 0.717) is 22.9 Å². The molecular formula is C22H25N3O5. The van der Waals surface area contributed by atoms with E-state index in [1.165, 1.54) is 11.9 Å². The first kappa shape index (κ1) is 21.2. The second-order valence-corrected chi connectivity index (χ2v) is 7.11. The molecule has 0 saturated heterocycles. The van der Waals surface area contributed by atoms with Crippen molar-refractivity contribution in [3.63, 3.8) is 0 Å². The Morgan fingerprint density at radius 3 is 2.40 bits per heavy atom. The molecule has 30 heavy (non-hydrogen) atoms. The second kappa shape index (κ2) is 9.78. The van der Waals surface area contributed by atoms with Gasteiger partial charge in [-0.2, -0.15) is 0 Å². The molecule has 158 valence electrons. The second-order valence-electron chi connectivity index (χ2n) is 7.11. The van der Waals surface area contributed by atoms with E-state index in [1.54, 1.807) is 55.6 Å². The Morgan fingerprint density at radius 1 is 1.00 bits per heavy atom. The molecule has 0 heterocycles. The van der Waals surface area contributed by atoms with Crippen molar-refractivity contribution in [2.24, 2.45) is 5.92 Å². The number of carbonyl (C=O) groups excluding carboxylic acids is 3. The molecule has 0 aromatic heterocycles. The summed E-state index contributed by atoms with van der Waals surface area (Å²) < 4.78 is 10.6. The van der Waals surface area contributed by atoms with E-state index >= 15 is 0 Å². The molecule has 0 radical (unpaired) electrons. The van der Waals surface area contributed by atoms with E-state index in [2.05, 4.69) is 10.6 Å². The summed E-state index contributed by atoms with van der Waals surface area (Å²) in [7, 11) is 3.10. The molecule has 0 spiro atoms. The number of hydrogen-bond acceptors (Lipinski definition) is 5. The van der Waals surface area contributed by atoms with Gasteiger partial charge in [0.05, 0.1) is 13.7 Å². The van der Waals surface area contributed by atoms with Gasteiger partial charge in [-0.15, -0.1) is 0 Å². The minimum Gasteiger partial charge on any atom is -0.497 e. The molecule has 2 N–H and O–H groups in total. The van der Waals surface area contributed by atoms with Crippen LogP contribution in [0.1, 0.15) is 12.8 Å². The highest BCUT2D eigenvalue weighted by Gasteiger charge is 2.29. The highest BCUT2D eigenvalue weighted by atomic mass is 16.5. The van der Waals surface area contributed by atoms with E-state index in [0.717, 1.165) is 12.8 Å². The Hall–Kier alpha value is -3.55. The third kappa shape index (κ3) is 6.23. The molecule has 1 aliphatic rings. The summed E-state index contributed by atoms with van der Waals surface area (Å²) in [6.45, 7) is -0.321. The fraction of sp³-hybridized carbons (Fsp3) is 0.318. The molecule has 8 nitrogen and oxygen atoms in total. The molecule has 0 atom stereocenters. The van der Waals surface area contributed by atoms with Crippen LogP contribution in [0.5, 0.6) is 11.5 Å². The molecule has 8 heteroatoms. The zero-order chi connectivity index (χ0) is 21.5. The Balaban J connectivity index is 1.44. The lowest BCUT2D eigenvalue weighted by atomic mass is 10.3. The number of anilines is 2. The lowest BCUT2D eigenvalue weighted by Gasteiger charge is -2.17. The third-order valence-corrected chi connectivity index (χ3v) is 4.59. The lowest BCUT2D eigenvalue weighted by Crippen LogP contribution is -2.37. The van der Waals surface area contributed by atoms with Crippen molar-refractivity contribution in [1.82, 2.24) is 4.90 Å². The van der Waals surface area contributed by atoms with Crippen LogP contribution >= 0.6 is 0 Å². The van der Waals surface area contributed by atoms with E-state index in [-0.39, 0.29) is 36.8 Å². The van der Waals surface area contributed by atoms with Crippen molar-refractivity contribution in [1.29, 1.82) is 0 Å². The van der Waals surface area contributed by atoms with Crippen molar-refractivity contribution in [3.05, 3.63) is 48.5 Å². The quantitative estimate of drug-likeness (QED) is 0.661. The van der Waals surface area contributed by atoms with Gasteiger partial charge >= 0.3 is 0 Å². The number of amides is 3. The molecule has 0 aliphatic heterocycles. The summed E-state index contributed by atoms with van der Waals surface area (Å²) >= 11 is 0. The summed E-state index contributed by atoms with van der Waals surface area (Å²) in [6.07, 6.45) is 1.85. The van der Waals surface area contributed by atoms with Crippen LogP contribution in [0, 0.1) is 5.92 Å². The maximum absolute atomic E-state index is 12.3. The standard InChI is InChI=1S/C22H25N3O5/c1-25(13-20(26)23-16-8-10-18(29-2)11-9-16)21(27)14-30-19-5-3-4-17(12-19)24-22(28)15-6-7-15/h3-5,8-12,15H,6-7,13-14H2,1-2H3,(H,23,26)(H,24,28).